The summed E-state index contributed by atoms with van der Waals surface area (Å²) in [6.45, 7) is 1.26. The lowest BCUT2D eigenvalue weighted by Crippen LogP contribution is -2.40. The fraction of sp³-hybridized carbons (Fsp3) is 0.429. The van der Waals surface area contributed by atoms with Gasteiger partial charge in [0.05, 0.1) is 4.47 Å². The van der Waals surface area contributed by atoms with E-state index in [2.05, 4.69) is 31.0 Å². The van der Waals surface area contributed by atoms with E-state index in [1.807, 2.05) is 0 Å². The minimum atomic E-state index is -0.268. The molecule has 3 rings (SSSR count). The number of hydrogen-bond donors (Lipinski definition) is 1. The number of nitrogens with one attached hydrogen (secondary N) is 1. The largest absolute Gasteiger partial charge is 0.337 e. The third-order valence-corrected chi connectivity index (χ3v) is 4.25. The third kappa shape index (κ3) is 2.96. The van der Waals surface area contributed by atoms with Gasteiger partial charge in [-0.1, -0.05) is 0 Å². The molecule has 2 aromatic rings. The van der Waals surface area contributed by atoms with Crippen molar-refractivity contribution in [2.24, 2.45) is 7.05 Å². The van der Waals surface area contributed by atoms with Crippen molar-refractivity contribution in [3.05, 3.63) is 44.8 Å². The highest BCUT2D eigenvalue weighted by Gasteiger charge is 2.28. The van der Waals surface area contributed by atoms with Gasteiger partial charge in [0.1, 0.15) is 11.5 Å². The maximum Gasteiger partial charge on any atom is 0.272 e. The second-order valence-corrected chi connectivity index (χ2v) is 6.33. The van der Waals surface area contributed by atoms with Crippen molar-refractivity contribution >= 4 is 21.8 Å². The number of H-pyrrole nitrogens is 1. The second kappa shape index (κ2) is 6.04. The molecule has 1 aliphatic heterocycles. The van der Waals surface area contributed by atoms with E-state index in [1.165, 1.54) is 10.7 Å². The van der Waals surface area contributed by atoms with Gasteiger partial charge in [0.15, 0.2) is 0 Å². The van der Waals surface area contributed by atoms with E-state index in [1.54, 1.807) is 24.3 Å². The molecular formula is C14H16BrN5O2. The van der Waals surface area contributed by atoms with Crippen molar-refractivity contribution in [1.82, 2.24) is 24.6 Å². The summed E-state index contributed by atoms with van der Waals surface area (Å²) in [5.41, 5.74) is 0.109. The summed E-state index contributed by atoms with van der Waals surface area (Å²) in [7, 11) is 1.66. The molecule has 0 radical (unpaired) electrons. The quantitative estimate of drug-likeness (QED) is 0.868. The number of amides is 1. The molecule has 1 amide bonds. The number of nitrogens with zero attached hydrogens (tertiary/aromatic N) is 4. The highest BCUT2D eigenvalue weighted by atomic mass is 79.9. The number of hydrogen-bond acceptors (Lipinski definition) is 4. The van der Waals surface area contributed by atoms with Gasteiger partial charge in [0, 0.05) is 44.5 Å². The lowest BCUT2D eigenvalue weighted by atomic mass is 9.97. The first-order valence-corrected chi connectivity index (χ1v) is 7.86. The van der Waals surface area contributed by atoms with Crippen LogP contribution in [0.2, 0.25) is 0 Å². The first-order chi connectivity index (χ1) is 10.5. The van der Waals surface area contributed by atoms with Crippen molar-refractivity contribution in [3.8, 4) is 0 Å². The van der Waals surface area contributed by atoms with Crippen LogP contribution >= 0.6 is 15.9 Å². The molecule has 1 saturated heterocycles. The zero-order valence-corrected chi connectivity index (χ0v) is 13.7. The molecule has 1 fully saturated rings. The van der Waals surface area contributed by atoms with Gasteiger partial charge in [-0.05, 0) is 28.8 Å². The Kier molecular flexibility index (Phi) is 4.10. The summed E-state index contributed by atoms with van der Waals surface area (Å²) >= 11 is 3.32. The van der Waals surface area contributed by atoms with Crippen LogP contribution in [0.3, 0.4) is 0 Å². The fourth-order valence-corrected chi connectivity index (χ4v) is 2.96. The second-order valence-electron chi connectivity index (χ2n) is 5.41. The number of aryl methyl sites for hydroxylation is 1. The van der Waals surface area contributed by atoms with E-state index in [-0.39, 0.29) is 17.4 Å². The molecule has 7 nitrogen and oxygen atoms in total. The van der Waals surface area contributed by atoms with Crippen molar-refractivity contribution in [1.29, 1.82) is 0 Å². The van der Waals surface area contributed by atoms with Crippen molar-refractivity contribution in [2.75, 3.05) is 13.1 Å². The summed E-state index contributed by atoms with van der Waals surface area (Å²) in [6, 6.07) is 1.34. The Balaban J connectivity index is 1.78. The number of piperidine rings is 1. The highest BCUT2D eigenvalue weighted by Crippen LogP contribution is 2.25. The normalized spacial score (nSPS) is 18.5. The van der Waals surface area contributed by atoms with E-state index in [4.69, 9.17) is 0 Å². The molecule has 3 heterocycles. The molecule has 1 unspecified atom stereocenters. The van der Waals surface area contributed by atoms with Crippen molar-refractivity contribution in [3.63, 3.8) is 0 Å². The van der Waals surface area contributed by atoms with Gasteiger partial charge in [-0.25, -0.2) is 9.97 Å². The number of carbonyl (C=O) groups is 1. The zero-order valence-electron chi connectivity index (χ0n) is 12.1. The van der Waals surface area contributed by atoms with Gasteiger partial charge in [0.25, 0.3) is 11.5 Å². The van der Waals surface area contributed by atoms with E-state index >= 15 is 0 Å². The van der Waals surface area contributed by atoms with Crippen LogP contribution in [0.15, 0.2) is 27.7 Å². The number of rotatable bonds is 2. The zero-order chi connectivity index (χ0) is 15.7. The summed E-state index contributed by atoms with van der Waals surface area (Å²) in [4.78, 5) is 34.3. The van der Waals surface area contributed by atoms with Gasteiger partial charge in [-0.15, -0.1) is 0 Å². The van der Waals surface area contributed by atoms with Crippen LogP contribution in [0.25, 0.3) is 0 Å². The Hall–Kier alpha value is -1.96. The van der Waals surface area contributed by atoms with Crippen LogP contribution < -0.4 is 5.56 Å². The Labute approximate surface area is 135 Å². The lowest BCUT2D eigenvalue weighted by Gasteiger charge is -2.31. The molecule has 1 N–H and O–H groups in total. The molecular weight excluding hydrogens is 350 g/mol. The van der Waals surface area contributed by atoms with E-state index in [9.17, 15) is 9.59 Å². The molecule has 0 aliphatic carbocycles. The minimum absolute atomic E-state index is 0.127. The van der Waals surface area contributed by atoms with Gasteiger partial charge in [-0.3, -0.25) is 19.4 Å². The minimum Gasteiger partial charge on any atom is -0.337 e. The van der Waals surface area contributed by atoms with Crippen molar-refractivity contribution in [2.45, 2.75) is 18.8 Å². The molecule has 0 bridgehead atoms. The maximum absolute atomic E-state index is 12.6. The van der Waals surface area contributed by atoms with Crippen LogP contribution in [0.1, 0.15) is 35.1 Å². The van der Waals surface area contributed by atoms with Crippen LogP contribution in [0, 0.1) is 0 Å². The average molecular weight is 366 g/mol. The molecule has 0 saturated carbocycles. The number of carbonyl (C=O) groups excluding carboxylic acids is 1. The highest BCUT2D eigenvalue weighted by molar-refractivity contribution is 9.10. The molecule has 116 valence electrons. The molecule has 1 atom stereocenters. The number of aromatic nitrogens is 4. The summed E-state index contributed by atoms with van der Waals surface area (Å²) < 4.78 is 2.30. The monoisotopic (exact) mass is 365 g/mol. The predicted molar refractivity (Wildman–Crippen MR) is 83.6 cm³/mol. The first kappa shape index (κ1) is 15.0. The molecule has 1 aliphatic rings. The number of aromatic amines is 1. The Bertz CT molecular complexity index is 736. The van der Waals surface area contributed by atoms with Gasteiger partial charge in [-0.2, -0.15) is 0 Å². The first-order valence-electron chi connectivity index (χ1n) is 7.07. The molecule has 22 heavy (non-hydrogen) atoms. The Morgan fingerprint density at radius 3 is 2.77 bits per heavy atom. The maximum atomic E-state index is 12.6. The van der Waals surface area contributed by atoms with Crippen molar-refractivity contribution < 1.29 is 4.79 Å². The van der Waals surface area contributed by atoms with Gasteiger partial charge < -0.3 is 4.90 Å². The molecule has 0 spiro atoms. The lowest BCUT2D eigenvalue weighted by molar-refractivity contribution is 0.0693. The Morgan fingerprint density at radius 1 is 1.41 bits per heavy atom. The topological polar surface area (TPSA) is 83.9 Å². The standard InChI is InChI=1S/C14H16BrN5O2/c1-19-11(5-12(21)18-19)14(22)20-4-2-3-9(8-20)13-16-6-10(15)7-17-13/h5-7,9H,2-4,8H2,1H3,(H,18,21). The third-order valence-electron chi connectivity index (χ3n) is 3.84. The Morgan fingerprint density at radius 2 is 2.14 bits per heavy atom. The summed E-state index contributed by atoms with van der Waals surface area (Å²) in [5, 5.41) is 2.56. The van der Waals surface area contributed by atoms with Gasteiger partial charge in [0.2, 0.25) is 0 Å². The summed E-state index contributed by atoms with van der Waals surface area (Å²) in [5.74, 6) is 0.744. The van der Waals surface area contributed by atoms with E-state index in [0.717, 1.165) is 23.1 Å². The van der Waals surface area contributed by atoms with E-state index in [0.29, 0.717) is 18.8 Å². The van der Waals surface area contributed by atoms with Gasteiger partial charge >= 0.3 is 0 Å². The fourth-order valence-electron chi connectivity index (χ4n) is 2.75. The van der Waals surface area contributed by atoms with Crippen LogP contribution in [-0.4, -0.2) is 43.6 Å². The van der Waals surface area contributed by atoms with Crippen LogP contribution in [-0.2, 0) is 7.05 Å². The smallest absolute Gasteiger partial charge is 0.272 e. The number of halogens is 1. The molecule has 8 heteroatoms. The predicted octanol–water partition coefficient (Wildman–Crippen LogP) is 1.29. The molecule has 0 aromatic carbocycles. The summed E-state index contributed by atoms with van der Waals surface area (Å²) in [6.07, 6.45) is 5.30. The average Bonchev–Trinajstić information content (AvgIpc) is 2.86. The SMILES string of the molecule is Cn1[nH]c(=O)cc1C(=O)N1CCCC(c2ncc(Br)cn2)C1. The van der Waals surface area contributed by atoms with Crippen LogP contribution in [0.4, 0.5) is 0 Å². The molecule has 2 aromatic heterocycles. The van der Waals surface area contributed by atoms with Crippen LogP contribution in [0.5, 0.6) is 0 Å². The van der Waals surface area contributed by atoms with E-state index < -0.39 is 0 Å². The number of likely N-dealkylation sites (tertiary alicyclic amines) is 1.